The van der Waals surface area contributed by atoms with Gasteiger partial charge in [-0.15, -0.1) is 0 Å². The van der Waals surface area contributed by atoms with Gasteiger partial charge in [0.15, 0.2) is 0 Å². The molecule has 1 amide bonds. The monoisotopic (exact) mass is 278 g/mol. The average Bonchev–Trinajstić information content (AvgIpc) is 2.45. The molecule has 0 spiro atoms. The Balaban J connectivity index is 2.36. The second-order valence-corrected chi connectivity index (χ2v) is 5.18. The van der Waals surface area contributed by atoms with Crippen LogP contribution in [-0.4, -0.2) is 30.6 Å². The number of carbonyl (C=O) groups is 1. The zero-order valence-electron chi connectivity index (χ0n) is 12.6. The molecule has 0 bridgehead atoms. The van der Waals surface area contributed by atoms with Crippen LogP contribution < -0.4 is 10.6 Å². The van der Waals surface area contributed by atoms with Gasteiger partial charge in [-0.25, -0.2) is 0 Å². The molecule has 0 fully saturated rings. The van der Waals surface area contributed by atoms with Crippen molar-refractivity contribution in [1.29, 1.82) is 0 Å². The van der Waals surface area contributed by atoms with Crippen LogP contribution in [0.1, 0.15) is 50.3 Å². The van der Waals surface area contributed by atoms with Gasteiger partial charge in [-0.3, -0.25) is 4.79 Å². The number of hydrogen-bond donors (Lipinski definition) is 3. The predicted molar refractivity (Wildman–Crippen MR) is 81.7 cm³/mol. The summed E-state index contributed by atoms with van der Waals surface area (Å²) in [6, 6.07) is 8.15. The lowest BCUT2D eigenvalue weighted by atomic mass is 9.96. The van der Waals surface area contributed by atoms with Gasteiger partial charge in [-0.05, 0) is 23.5 Å². The molecule has 1 rings (SSSR count). The van der Waals surface area contributed by atoms with Crippen LogP contribution in [0.3, 0.4) is 0 Å². The first-order valence-corrected chi connectivity index (χ1v) is 7.27. The van der Waals surface area contributed by atoms with Gasteiger partial charge in [0.05, 0.1) is 6.10 Å². The van der Waals surface area contributed by atoms with Crippen LogP contribution in [0.2, 0.25) is 0 Å². The molecule has 0 aliphatic rings. The minimum Gasteiger partial charge on any atom is -0.387 e. The zero-order chi connectivity index (χ0) is 15.0. The molecule has 2 unspecified atom stereocenters. The molecule has 0 aromatic heterocycles. The summed E-state index contributed by atoms with van der Waals surface area (Å²) in [5.41, 5.74) is 2.23. The van der Waals surface area contributed by atoms with Crippen molar-refractivity contribution in [3.05, 3.63) is 35.4 Å². The van der Waals surface area contributed by atoms with Crippen molar-refractivity contribution in [3.63, 3.8) is 0 Å². The summed E-state index contributed by atoms with van der Waals surface area (Å²) >= 11 is 0. The van der Waals surface area contributed by atoms with E-state index < -0.39 is 6.10 Å². The number of carbonyl (C=O) groups excluding carboxylic acids is 1. The van der Waals surface area contributed by atoms with Crippen molar-refractivity contribution in [2.45, 2.75) is 39.2 Å². The molecule has 2 atom stereocenters. The Morgan fingerprint density at radius 3 is 2.35 bits per heavy atom. The van der Waals surface area contributed by atoms with E-state index in [1.165, 1.54) is 12.5 Å². The van der Waals surface area contributed by atoms with Gasteiger partial charge >= 0.3 is 0 Å². The molecule has 4 heteroatoms. The minimum atomic E-state index is -0.515. The highest BCUT2D eigenvalue weighted by Gasteiger charge is 2.08. The van der Waals surface area contributed by atoms with Crippen molar-refractivity contribution in [3.8, 4) is 0 Å². The standard InChI is InChI=1S/C16H26N2O2/c1-4-12(2)14-5-7-15(8-6-14)16(20)11-17-9-10-18-13(3)19/h5-8,12,16-17,20H,4,9-11H2,1-3H3,(H,18,19). The summed E-state index contributed by atoms with van der Waals surface area (Å²) in [5, 5.41) is 15.9. The second-order valence-electron chi connectivity index (χ2n) is 5.18. The molecule has 0 radical (unpaired) electrons. The van der Waals surface area contributed by atoms with Crippen LogP contribution >= 0.6 is 0 Å². The smallest absolute Gasteiger partial charge is 0.216 e. The maximum absolute atomic E-state index is 10.7. The summed E-state index contributed by atoms with van der Waals surface area (Å²) in [5.74, 6) is 0.518. The van der Waals surface area contributed by atoms with E-state index in [4.69, 9.17) is 0 Å². The highest BCUT2D eigenvalue weighted by atomic mass is 16.3. The second kappa shape index (κ2) is 8.72. The van der Waals surface area contributed by atoms with E-state index >= 15 is 0 Å². The van der Waals surface area contributed by atoms with Crippen LogP contribution in [0, 0.1) is 0 Å². The van der Waals surface area contributed by atoms with Crippen molar-refractivity contribution >= 4 is 5.91 Å². The Kier molecular flexibility index (Phi) is 7.26. The van der Waals surface area contributed by atoms with Gasteiger partial charge in [0, 0.05) is 26.6 Å². The number of amides is 1. The van der Waals surface area contributed by atoms with Crippen molar-refractivity contribution < 1.29 is 9.90 Å². The number of aliphatic hydroxyl groups is 1. The molecule has 1 aromatic rings. The maximum Gasteiger partial charge on any atom is 0.216 e. The van der Waals surface area contributed by atoms with E-state index in [-0.39, 0.29) is 5.91 Å². The van der Waals surface area contributed by atoms with Crippen molar-refractivity contribution in [2.24, 2.45) is 0 Å². The quantitative estimate of drug-likeness (QED) is 0.637. The highest BCUT2D eigenvalue weighted by molar-refractivity contribution is 5.72. The van der Waals surface area contributed by atoms with Gasteiger partial charge in [0.2, 0.25) is 5.91 Å². The number of hydrogen-bond acceptors (Lipinski definition) is 3. The number of benzene rings is 1. The van der Waals surface area contributed by atoms with Crippen molar-refractivity contribution in [2.75, 3.05) is 19.6 Å². The van der Waals surface area contributed by atoms with E-state index in [2.05, 4.69) is 36.6 Å². The molecular weight excluding hydrogens is 252 g/mol. The van der Waals surface area contributed by atoms with Crippen molar-refractivity contribution in [1.82, 2.24) is 10.6 Å². The highest BCUT2D eigenvalue weighted by Crippen LogP contribution is 2.21. The number of rotatable bonds is 8. The molecule has 0 saturated heterocycles. The third-order valence-corrected chi connectivity index (χ3v) is 3.52. The van der Waals surface area contributed by atoms with Crippen LogP contribution in [0.4, 0.5) is 0 Å². The van der Waals surface area contributed by atoms with E-state index in [1.807, 2.05) is 12.1 Å². The summed E-state index contributed by atoms with van der Waals surface area (Å²) < 4.78 is 0. The SMILES string of the molecule is CCC(C)c1ccc(C(O)CNCCNC(C)=O)cc1. The molecule has 20 heavy (non-hydrogen) atoms. The Morgan fingerprint density at radius 1 is 1.20 bits per heavy atom. The fraction of sp³-hybridized carbons (Fsp3) is 0.562. The van der Waals surface area contributed by atoms with Gasteiger partial charge in [0.1, 0.15) is 0 Å². The summed E-state index contributed by atoms with van der Waals surface area (Å²) in [6.45, 7) is 7.59. The molecule has 0 aliphatic heterocycles. The lowest BCUT2D eigenvalue weighted by Crippen LogP contribution is -2.32. The van der Waals surface area contributed by atoms with Crippen LogP contribution in [0.25, 0.3) is 0 Å². The fourth-order valence-corrected chi connectivity index (χ4v) is 1.97. The van der Waals surface area contributed by atoms with Gasteiger partial charge in [0.25, 0.3) is 0 Å². The number of aliphatic hydroxyl groups excluding tert-OH is 1. The Morgan fingerprint density at radius 2 is 1.80 bits per heavy atom. The molecule has 0 aliphatic carbocycles. The predicted octanol–water partition coefficient (Wildman–Crippen LogP) is 1.96. The normalized spacial score (nSPS) is 13.8. The molecule has 0 saturated carbocycles. The first-order chi connectivity index (χ1) is 9.54. The van der Waals surface area contributed by atoms with Crippen LogP contribution in [0.15, 0.2) is 24.3 Å². The third kappa shape index (κ3) is 5.72. The van der Waals surface area contributed by atoms with E-state index in [0.29, 0.717) is 25.6 Å². The summed E-state index contributed by atoms with van der Waals surface area (Å²) in [7, 11) is 0. The van der Waals surface area contributed by atoms with E-state index in [1.54, 1.807) is 0 Å². The van der Waals surface area contributed by atoms with Gasteiger partial charge in [-0.2, -0.15) is 0 Å². The molecule has 112 valence electrons. The summed E-state index contributed by atoms with van der Waals surface area (Å²) in [4.78, 5) is 10.7. The van der Waals surface area contributed by atoms with Gasteiger partial charge < -0.3 is 15.7 Å². The number of nitrogens with one attached hydrogen (secondary N) is 2. The van der Waals surface area contributed by atoms with E-state index in [9.17, 15) is 9.90 Å². The zero-order valence-corrected chi connectivity index (χ0v) is 12.6. The van der Waals surface area contributed by atoms with E-state index in [0.717, 1.165) is 12.0 Å². The van der Waals surface area contributed by atoms with Gasteiger partial charge in [-0.1, -0.05) is 38.1 Å². The third-order valence-electron chi connectivity index (χ3n) is 3.52. The minimum absolute atomic E-state index is 0.0343. The Labute approximate surface area is 121 Å². The molecule has 0 heterocycles. The Hall–Kier alpha value is -1.39. The topological polar surface area (TPSA) is 61.4 Å². The largest absolute Gasteiger partial charge is 0.387 e. The average molecular weight is 278 g/mol. The first kappa shape index (κ1) is 16.7. The maximum atomic E-state index is 10.7. The summed E-state index contributed by atoms with van der Waals surface area (Å²) in [6.07, 6.45) is 0.602. The lowest BCUT2D eigenvalue weighted by Gasteiger charge is -2.14. The molecule has 3 N–H and O–H groups in total. The van der Waals surface area contributed by atoms with Crippen LogP contribution in [-0.2, 0) is 4.79 Å². The molecule has 4 nitrogen and oxygen atoms in total. The fourth-order valence-electron chi connectivity index (χ4n) is 1.97. The molecular formula is C16H26N2O2. The van der Waals surface area contributed by atoms with Crippen LogP contribution in [0.5, 0.6) is 0 Å². The first-order valence-electron chi connectivity index (χ1n) is 7.27. The lowest BCUT2D eigenvalue weighted by molar-refractivity contribution is -0.118. The Bertz CT molecular complexity index is 403. The molecule has 1 aromatic carbocycles.